The summed E-state index contributed by atoms with van der Waals surface area (Å²) < 4.78 is 27.6. The molecule has 31 heavy (non-hydrogen) atoms. The van der Waals surface area contributed by atoms with Crippen LogP contribution in [0.5, 0.6) is 0 Å². The number of benzene rings is 2. The van der Waals surface area contributed by atoms with E-state index in [2.05, 4.69) is 34.6 Å². The molecule has 1 saturated heterocycles. The average Bonchev–Trinajstić information content (AvgIpc) is 2.98. The molecule has 1 aliphatic rings. The first-order valence-corrected chi connectivity index (χ1v) is 13.6. The molecule has 2 aromatic rings. The van der Waals surface area contributed by atoms with Crippen molar-refractivity contribution in [3.63, 3.8) is 0 Å². The summed E-state index contributed by atoms with van der Waals surface area (Å²) in [5.74, 6) is 0.0733. The Bertz CT molecular complexity index is 807. The molecule has 0 N–H and O–H groups in total. The van der Waals surface area contributed by atoms with Gasteiger partial charge in [-0.1, -0.05) is 99.7 Å². The molecule has 0 radical (unpaired) electrons. The third kappa shape index (κ3) is 5.53. The van der Waals surface area contributed by atoms with Gasteiger partial charge in [0.1, 0.15) is 7.14 Å². The first kappa shape index (κ1) is 24.3. The largest absolute Gasteiger partial charge is 0.461 e. The van der Waals surface area contributed by atoms with Crippen molar-refractivity contribution in [2.75, 3.05) is 6.16 Å². The smallest absolute Gasteiger partial charge is 0.403 e. The Hall–Kier alpha value is -1.35. The van der Waals surface area contributed by atoms with Crippen molar-refractivity contribution in [1.29, 1.82) is 0 Å². The van der Waals surface area contributed by atoms with Crippen LogP contribution in [0.3, 0.4) is 0 Å². The lowest BCUT2D eigenvalue weighted by atomic mass is 9.70. The molecule has 0 bridgehead atoms. The van der Waals surface area contributed by atoms with Crippen LogP contribution in [-0.2, 0) is 13.9 Å². The lowest BCUT2D eigenvalue weighted by molar-refractivity contribution is 0.00578. The van der Waals surface area contributed by atoms with Crippen LogP contribution >= 0.6 is 7.14 Å². The average molecular weight is 440 g/mol. The molecule has 0 aromatic heterocycles. The van der Waals surface area contributed by atoms with Gasteiger partial charge >= 0.3 is 7.12 Å². The Kier molecular flexibility index (Phi) is 7.89. The predicted octanol–water partition coefficient (Wildman–Crippen LogP) is 6.43. The molecule has 1 aliphatic heterocycles. The molecule has 2 aromatic carbocycles. The topological polar surface area (TPSA) is 35.5 Å². The van der Waals surface area contributed by atoms with Gasteiger partial charge in [0.05, 0.1) is 11.2 Å². The van der Waals surface area contributed by atoms with Gasteiger partial charge < -0.3 is 13.9 Å². The van der Waals surface area contributed by atoms with Gasteiger partial charge in [0.15, 0.2) is 0 Å². The van der Waals surface area contributed by atoms with Crippen LogP contribution in [0.1, 0.15) is 66.7 Å². The zero-order valence-electron chi connectivity index (χ0n) is 19.8. The highest BCUT2D eigenvalue weighted by Crippen LogP contribution is 2.51. The number of unbranched alkanes of at least 4 members (excludes halogenated alkanes) is 3. The van der Waals surface area contributed by atoms with Gasteiger partial charge in [0.25, 0.3) is 0 Å². The van der Waals surface area contributed by atoms with Crippen LogP contribution in [-0.4, -0.2) is 24.5 Å². The summed E-state index contributed by atoms with van der Waals surface area (Å²) in [5.41, 5.74) is -0.772. The second-order valence-electron chi connectivity index (χ2n) is 9.83. The summed E-state index contributed by atoms with van der Waals surface area (Å²) >= 11 is 0. The lowest BCUT2D eigenvalue weighted by Gasteiger charge is -2.32. The molecule has 0 unspecified atom stereocenters. The number of hydrogen-bond donors (Lipinski definition) is 0. The Labute approximate surface area is 189 Å². The van der Waals surface area contributed by atoms with Crippen LogP contribution in [0, 0.1) is 0 Å². The van der Waals surface area contributed by atoms with Crippen molar-refractivity contribution in [1.82, 2.24) is 0 Å². The molecule has 3 rings (SSSR count). The van der Waals surface area contributed by atoms with Crippen LogP contribution in [0.25, 0.3) is 0 Å². The van der Waals surface area contributed by atoms with Crippen LogP contribution in [0.4, 0.5) is 0 Å². The molecular formula is C26H38BO3P. The summed E-state index contributed by atoms with van der Waals surface area (Å²) in [6.45, 7) is 10.6. The van der Waals surface area contributed by atoms with E-state index in [0.717, 1.165) is 23.5 Å². The van der Waals surface area contributed by atoms with E-state index in [4.69, 9.17) is 9.31 Å². The fourth-order valence-corrected chi connectivity index (χ4v) is 7.30. The Morgan fingerprint density at radius 2 is 1.29 bits per heavy atom. The molecule has 1 heterocycles. The fraction of sp³-hybridized carbons (Fsp3) is 0.538. The van der Waals surface area contributed by atoms with E-state index >= 15 is 0 Å². The molecule has 0 amide bonds. The Balaban J connectivity index is 1.94. The highest BCUT2D eigenvalue weighted by Gasteiger charge is 2.54. The maximum atomic E-state index is 14.7. The van der Waals surface area contributed by atoms with E-state index in [9.17, 15) is 4.57 Å². The van der Waals surface area contributed by atoms with E-state index in [0.29, 0.717) is 6.16 Å². The molecule has 0 aliphatic carbocycles. The van der Waals surface area contributed by atoms with Gasteiger partial charge in [-0.25, -0.2) is 0 Å². The van der Waals surface area contributed by atoms with Crippen LogP contribution < -0.4 is 10.6 Å². The highest BCUT2D eigenvalue weighted by molar-refractivity contribution is 7.78. The summed E-state index contributed by atoms with van der Waals surface area (Å²) in [5, 5.41) is 1.83. The predicted molar refractivity (Wildman–Crippen MR) is 133 cm³/mol. The van der Waals surface area contributed by atoms with Crippen LogP contribution in [0.15, 0.2) is 60.7 Å². The third-order valence-corrected chi connectivity index (χ3v) is 10.2. The first-order valence-electron chi connectivity index (χ1n) is 11.8. The molecule has 1 atom stereocenters. The van der Waals surface area contributed by atoms with E-state index in [1.54, 1.807) is 0 Å². The molecule has 168 valence electrons. The second kappa shape index (κ2) is 10.1. The zero-order chi connectivity index (χ0) is 22.5. The van der Waals surface area contributed by atoms with Gasteiger partial charge in [-0.2, -0.15) is 0 Å². The summed E-state index contributed by atoms with van der Waals surface area (Å²) in [6, 6.07) is 19.9. The standard InChI is InChI=1S/C26H38BO3P/c1-6-7-8-11-16-22(27-29-25(2,3)26(4,5)30-27)21-31(28,23-17-12-9-13-18-23)24-19-14-10-15-20-24/h9-10,12-15,17-20,22H,6-8,11,16,21H2,1-5H3/t22-/m1/s1. The van der Waals surface area contributed by atoms with Gasteiger partial charge in [-0.3, -0.25) is 0 Å². The normalized spacial score (nSPS) is 18.8. The minimum Gasteiger partial charge on any atom is -0.403 e. The third-order valence-electron chi connectivity index (χ3n) is 6.92. The van der Waals surface area contributed by atoms with Gasteiger partial charge in [0.2, 0.25) is 0 Å². The van der Waals surface area contributed by atoms with Gasteiger partial charge in [0, 0.05) is 22.6 Å². The van der Waals surface area contributed by atoms with Crippen molar-refractivity contribution in [3.05, 3.63) is 60.7 Å². The van der Waals surface area contributed by atoms with Gasteiger partial charge in [-0.15, -0.1) is 0 Å². The lowest BCUT2D eigenvalue weighted by Crippen LogP contribution is -2.41. The SMILES string of the molecule is CCCCCC[C@H](CP(=O)(c1ccccc1)c1ccccc1)B1OC(C)(C)C(C)(C)O1. The molecule has 5 heteroatoms. The Morgan fingerprint density at radius 3 is 1.74 bits per heavy atom. The van der Waals surface area contributed by atoms with Crippen molar-refractivity contribution < 1.29 is 13.9 Å². The Morgan fingerprint density at radius 1 is 0.806 bits per heavy atom. The molecule has 3 nitrogen and oxygen atoms in total. The number of rotatable bonds is 10. The van der Waals surface area contributed by atoms with E-state index < -0.39 is 7.14 Å². The van der Waals surface area contributed by atoms with Gasteiger partial charge in [-0.05, 0) is 27.7 Å². The quantitative estimate of drug-likeness (QED) is 0.243. The summed E-state index contributed by atoms with van der Waals surface area (Å²) in [4.78, 5) is 0. The maximum Gasteiger partial charge on any atom is 0.461 e. The van der Waals surface area contributed by atoms with E-state index in [1.165, 1.54) is 19.3 Å². The fourth-order valence-electron chi connectivity index (χ4n) is 4.26. The van der Waals surface area contributed by atoms with E-state index in [-0.39, 0.29) is 24.1 Å². The van der Waals surface area contributed by atoms with Crippen molar-refractivity contribution >= 4 is 24.9 Å². The molecule has 1 fully saturated rings. The van der Waals surface area contributed by atoms with Crippen LogP contribution in [0.2, 0.25) is 5.82 Å². The van der Waals surface area contributed by atoms with Crippen molar-refractivity contribution in [2.45, 2.75) is 83.7 Å². The summed E-state index contributed by atoms with van der Waals surface area (Å²) in [7, 11) is -3.17. The minimum absolute atomic E-state index is 0.0733. The van der Waals surface area contributed by atoms with E-state index in [1.807, 2.05) is 60.7 Å². The molecule has 0 saturated carbocycles. The maximum absolute atomic E-state index is 14.7. The molecule has 0 spiro atoms. The first-order chi connectivity index (χ1) is 14.7. The zero-order valence-corrected chi connectivity index (χ0v) is 20.7. The van der Waals surface area contributed by atoms with Crippen molar-refractivity contribution in [3.8, 4) is 0 Å². The monoisotopic (exact) mass is 440 g/mol. The molecular weight excluding hydrogens is 402 g/mol. The highest BCUT2D eigenvalue weighted by atomic mass is 31.2. The minimum atomic E-state index is -2.83. The second-order valence-corrected chi connectivity index (χ2v) is 12.7. The summed E-state index contributed by atoms with van der Waals surface area (Å²) in [6.07, 6.45) is 6.24. The van der Waals surface area contributed by atoms with Crippen molar-refractivity contribution in [2.24, 2.45) is 0 Å². The number of hydrogen-bond acceptors (Lipinski definition) is 3.